The maximum absolute atomic E-state index is 13.2. The van der Waals surface area contributed by atoms with Crippen LogP contribution in [0.1, 0.15) is 29.8 Å². The summed E-state index contributed by atoms with van der Waals surface area (Å²) in [6.07, 6.45) is 1.50. The van der Waals surface area contributed by atoms with Crippen LogP contribution >= 0.6 is 0 Å². The average molecular weight is 430 g/mol. The highest BCUT2D eigenvalue weighted by atomic mass is 19.3. The third kappa shape index (κ3) is 3.53. The van der Waals surface area contributed by atoms with E-state index in [0.29, 0.717) is 18.2 Å². The van der Waals surface area contributed by atoms with Gasteiger partial charge in [-0.25, -0.2) is 28.5 Å². The van der Waals surface area contributed by atoms with Gasteiger partial charge in [-0.2, -0.15) is 0 Å². The molecule has 2 amide bonds. The number of urea groups is 1. The smallest absolute Gasteiger partial charge is 0.329 e. The molecule has 2 aliphatic heterocycles. The molecule has 2 aromatic heterocycles. The van der Waals surface area contributed by atoms with Gasteiger partial charge < -0.3 is 9.64 Å². The maximum Gasteiger partial charge on any atom is 0.329 e. The molecule has 11 heteroatoms. The first kappa shape index (κ1) is 19.6. The second-order valence-electron chi connectivity index (χ2n) is 7.96. The Bertz CT molecular complexity index is 1060. The molecule has 162 valence electrons. The number of amides is 2. The summed E-state index contributed by atoms with van der Waals surface area (Å²) < 4.78 is 31.5. The molecular formula is C20H20F2N6O3. The Morgan fingerprint density at radius 2 is 2.13 bits per heavy atom. The van der Waals surface area contributed by atoms with Crippen LogP contribution in [0.4, 0.5) is 30.9 Å². The van der Waals surface area contributed by atoms with Crippen LogP contribution in [0.5, 0.6) is 5.88 Å². The van der Waals surface area contributed by atoms with E-state index in [1.807, 2.05) is 0 Å². The van der Waals surface area contributed by atoms with Crippen molar-refractivity contribution < 1.29 is 23.1 Å². The minimum Gasteiger partial charge on any atom is -0.481 e. The molecule has 9 nitrogen and oxygen atoms in total. The number of halogens is 2. The topological polar surface area (TPSA) is 101 Å². The lowest BCUT2D eigenvalue weighted by Crippen LogP contribution is -2.48. The highest BCUT2D eigenvalue weighted by Gasteiger charge is 2.57. The van der Waals surface area contributed by atoms with Gasteiger partial charge >= 0.3 is 6.03 Å². The van der Waals surface area contributed by atoms with Crippen LogP contribution in [-0.2, 0) is 0 Å². The van der Waals surface area contributed by atoms with Gasteiger partial charge in [0.2, 0.25) is 5.88 Å². The molecule has 31 heavy (non-hydrogen) atoms. The summed E-state index contributed by atoms with van der Waals surface area (Å²) in [4.78, 5) is 41.7. The average Bonchev–Trinajstić information content (AvgIpc) is 3.15. The number of hydrogen-bond donors (Lipinski definition) is 1. The van der Waals surface area contributed by atoms with Gasteiger partial charge in [0.25, 0.3) is 5.92 Å². The van der Waals surface area contributed by atoms with Crippen LogP contribution in [0, 0.1) is 5.92 Å². The van der Waals surface area contributed by atoms with Crippen LogP contribution in [-0.4, -0.2) is 58.9 Å². The van der Waals surface area contributed by atoms with E-state index in [9.17, 15) is 18.4 Å². The highest BCUT2D eigenvalue weighted by molar-refractivity contribution is 6.05. The first-order valence-corrected chi connectivity index (χ1v) is 9.99. The number of carbonyl (C=O) groups excluding carboxylic acids is 2. The number of anilines is 3. The maximum atomic E-state index is 13.2. The van der Waals surface area contributed by atoms with E-state index < -0.39 is 23.7 Å². The molecule has 1 aliphatic carbocycles. The van der Waals surface area contributed by atoms with Crippen LogP contribution in [0.25, 0.3) is 0 Å². The first-order chi connectivity index (χ1) is 14.9. The molecule has 0 aromatic carbocycles. The van der Waals surface area contributed by atoms with E-state index >= 15 is 0 Å². The van der Waals surface area contributed by atoms with Gasteiger partial charge in [0, 0.05) is 37.9 Å². The predicted molar refractivity (Wildman–Crippen MR) is 107 cm³/mol. The van der Waals surface area contributed by atoms with Gasteiger partial charge in [-0.3, -0.25) is 15.0 Å². The summed E-state index contributed by atoms with van der Waals surface area (Å²) in [6.45, 7) is 1.41. The summed E-state index contributed by atoms with van der Waals surface area (Å²) in [5.41, 5.74) is 0.822. The van der Waals surface area contributed by atoms with E-state index in [2.05, 4.69) is 25.2 Å². The molecule has 5 rings (SSSR count). The van der Waals surface area contributed by atoms with Gasteiger partial charge in [0.05, 0.1) is 18.8 Å². The van der Waals surface area contributed by atoms with Crippen molar-refractivity contribution in [2.24, 2.45) is 5.92 Å². The minimum absolute atomic E-state index is 0.0884. The van der Waals surface area contributed by atoms with Crippen LogP contribution < -0.4 is 19.9 Å². The number of hydrogen-bond acceptors (Lipinski definition) is 7. The third-order valence-electron chi connectivity index (χ3n) is 5.93. The van der Waals surface area contributed by atoms with Crippen molar-refractivity contribution in [3.63, 3.8) is 0 Å². The molecule has 2 fully saturated rings. The lowest BCUT2D eigenvalue weighted by atomic mass is 10.1. The number of Topliss-reactive ketones (excluding diaryl/α,β-unsaturated/α-hetero) is 1. The van der Waals surface area contributed by atoms with Crippen LogP contribution in [0.3, 0.4) is 0 Å². The number of nitrogens with zero attached hydrogens (tertiary/aromatic N) is 5. The van der Waals surface area contributed by atoms with Crippen LogP contribution in [0.15, 0.2) is 24.5 Å². The lowest BCUT2D eigenvalue weighted by Gasteiger charge is -2.35. The summed E-state index contributed by atoms with van der Waals surface area (Å²) in [7, 11) is 1.46. The van der Waals surface area contributed by atoms with E-state index in [4.69, 9.17) is 4.74 Å². The van der Waals surface area contributed by atoms with E-state index in [1.54, 1.807) is 12.1 Å². The number of methoxy groups -OCH3 is 1. The largest absolute Gasteiger partial charge is 0.481 e. The summed E-state index contributed by atoms with van der Waals surface area (Å²) in [6, 6.07) is 4.20. The second-order valence-corrected chi connectivity index (χ2v) is 7.96. The van der Waals surface area contributed by atoms with Crippen molar-refractivity contribution in [3.05, 3.63) is 30.2 Å². The number of ether oxygens (including phenoxy) is 1. The number of pyridine rings is 1. The zero-order valence-electron chi connectivity index (χ0n) is 16.7. The molecule has 2 aromatic rings. The molecule has 0 spiro atoms. The van der Waals surface area contributed by atoms with E-state index in [0.717, 1.165) is 18.7 Å². The van der Waals surface area contributed by atoms with E-state index in [1.165, 1.54) is 24.4 Å². The number of carbonyl (C=O) groups is 2. The molecule has 0 radical (unpaired) electrons. The van der Waals surface area contributed by atoms with Gasteiger partial charge in [-0.05, 0) is 18.6 Å². The Kier molecular flexibility index (Phi) is 4.49. The first-order valence-electron chi connectivity index (χ1n) is 9.99. The van der Waals surface area contributed by atoms with Gasteiger partial charge in [-0.1, -0.05) is 0 Å². The van der Waals surface area contributed by atoms with Crippen molar-refractivity contribution in [1.29, 1.82) is 0 Å². The van der Waals surface area contributed by atoms with Gasteiger partial charge in [-0.15, -0.1) is 0 Å². The summed E-state index contributed by atoms with van der Waals surface area (Å²) in [5, 5.41) is 2.72. The molecule has 1 saturated heterocycles. The molecule has 2 bridgehead atoms. The van der Waals surface area contributed by atoms with Crippen molar-refractivity contribution >= 4 is 29.1 Å². The molecule has 2 atom stereocenters. The van der Waals surface area contributed by atoms with Crippen molar-refractivity contribution in [2.45, 2.75) is 31.2 Å². The molecule has 3 aliphatic rings. The fourth-order valence-corrected chi connectivity index (χ4v) is 4.14. The number of aromatic nitrogens is 3. The number of alkyl halides is 2. The number of nitrogens with one attached hydrogen (secondary N) is 1. The van der Waals surface area contributed by atoms with E-state index in [-0.39, 0.29) is 30.4 Å². The Labute approximate surface area is 176 Å². The Morgan fingerprint density at radius 1 is 1.32 bits per heavy atom. The number of rotatable bonds is 5. The zero-order chi connectivity index (χ0) is 21.8. The van der Waals surface area contributed by atoms with Crippen molar-refractivity contribution in [2.75, 3.05) is 35.3 Å². The third-order valence-corrected chi connectivity index (χ3v) is 5.93. The highest BCUT2D eigenvalue weighted by Crippen LogP contribution is 2.51. The Morgan fingerprint density at radius 3 is 2.87 bits per heavy atom. The Hall–Kier alpha value is -3.37. The lowest BCUT2D eigenvalue weighted by molar-refractivity contribution is 0.0830. The molecule has 1 unspecified atom stereocenters. The SMILES string of the molecule is COc1cc(NC(=O)N2c3nc(C(=O)CC4CC4(F)F)ccc3N3CC[C@H]2C3)ncn1. The van der Waals surface area contributed by atoms with Gasteiger partial charge in [0.15, 0.2) is 11.6 Å². The monoisotopic (exact) mass is 430 g/mol. The predicted octanol–water partition coefficient (Wildman–Crippen LogP) is 2.74. The van der Waals surface area contributed by atoms with Crippen LogP contribution in [0.2, 0.25) is 0 Å². The quantitative estimate of drug-likeness (QED) is 0.728. The minimum atomic E-state index is -2.76. The van der Waals surface area contributed by atoms with Gasteiger partial charge in [0.1, 0.15) is 17.8 Å². The fourth-order valence-electron chi connectivity index (χ4n) is 4.14. The molecule has 1 N–H and O–H groups in total. The standard InChI is InChI=1S/C20H20F2N6O3/c1-31-17-7-16(23-10-24-17)26-19(30)28-12-4-5-27(9-12)14-3-2-13(25-18(14)28)15(29)6-11-8-20(11,21)22/h2-3,7,10-12H,4-6,8-9H2,1H3,(H,23,24,26,30)/t11?,12-/m0/s1. The molecular weight excluding hydrogens is 410 g/mol. The molecule has 1 saturated carbocycles. The zero-order valence-corrected chi connectivity index (χ0v) is 16.7. The molecule has 4 heterocycles. The summed E-state index contributed by atoms with van der Waals surface area (Å²) in [5.74, 6) is -3.22. The number of ketones is 1. The normalized spacial score (nSPS) is 22.7. The van der Waals surface area contributed by atoms with Crippen molar-refractivity contribution in [1.82, 2.24) is 15.0 Å². The summed E-state index contributed by atoms with van der Waals surface area (Å²) >= 11 is 0. The second kappa shape index (κ2) is 7.10. The number of fused-ring (bicyclic) bond motifs is 4. The fraction of sp³-hybridized carbons (Fsp3) is 0.450. The Balaban J connectivity index is 1.42. The van der Waals surface area contributed by atoms with Crippen molar-refractivity contribution in [3.8, 4) is 5.88 Å².